The van der Waals surface area contributed by atoms with Crippen LogP contribution in [0.2, 0.25) is 0 Å². The zero-order valence-electron chi connectivity index (χ0n) is 12.1. The topological polar surface area (TPSA) is 29.5 Å². The third-order valence-corrected chi connectivity index (χ3v) is 4.26. The summed E-state index contributed by atoms with van der Waals surface area (Å²) in [5.74, 6) is 1.04. The van der Waals surface area contributed by atoms with Crippen molar-refractivity contribution in [2.45, 2.75) is 38.6 Å². The Kier molecular flexibility index (Phi) is 5.46. The number of amides is 1. The molecule has 0 saturated heterocycles. The summed E-state index contributed by atoms with van der Waals surface area (Å²) in [5.41, 5.74) is 1.04. The van der Waals surface area contributed by atoms with Crippen molar-refractivity contribution in [2.75, 3.05) is 18.5 Å². The molecule has 3 nitrogen and oxygen atoms in total. The molecule has 1 unspecified atom stereocenters. The van der Waals surface area contributed by atoms with Crippen LogP contribution in [0.4, 0.5) is 0 Å². The number of nitrogens with zero attached hydrogens (tertiary/aromatic N) is 1. The van der Waals surface area contributed by atoms with Crippen LogP contribution in [-0.2, 0) is 4.79 Å². The van der Waals surface area contributed by atoms with Crippen LogP contribution in [-0.4, -0.2) is 35.3 Å². The van der Waals surface area contributed by atoms with Crippen molar-refractivity contribution in [3.05, 3.63) is 29.8 Å². The molecule has 0 fully saturated rings. The van der Waals surface area contributed by atoms with Gasteiger partial charge in [-0.05, 0) is 32.8 Å². The molecule has 0 saturated carbocycles. The molecular weight excluding hydrogens is 318 g/mol. The first-order valence-electron chi connectivity index (χ1n) is 7.23. The second-order valence-electron chi connectivity index (χ2n) is 5.40. The predicted molar refractivity (Wildman–Crippen MR) is 84.6 cm³/mol. The van der Waals surface area contributed by atoms with E-state index >= 15 is 0 Å². The van der Waals surface area contributed by atoms with Gasteiger partial charge in [0.05, 0.1) is 12.5 Å². The summed E-state index contributed by atoms with van der Waals surface area (Å²) in [4.78, 5) is 14.9. The van der Waals surface area contributed by atoms with Crippen LogP contribution in [0.25, 0.3) is 0 Å². The minimum Gasteiger partial charge on any atom is -0.493 e. The van der Waals surface area contributed by atoms with Gasteiger partial charge in [-0.15, -0.1) is 0 Å². The number of hydrogen-bond donors (Lipinski definition) is 0. The molecule has 1 atom stereocenters. The minimum atomic E-state index is -0.0577. The molecule has 1 amide bonds. The van der Waals surface area contributed by atoms with Crippen molar-refractivity contribution in [3.63, 3.8) is 0 Å². The summed E-state index contributed by atoms with van der Waals surface area (Å²) in [5, 5.41) is 0.924. The fourth-order valence-electron chi connectivity index (χ4n) is 2.65. The van der Waals surface area contributed by atoms with Gasteiger partial charge >= 0.3 is 0 Å². The van der Waals surface area contributed by atoms with Gasteiger partial charge in [-0.3, -0.25) is 4.79 Å². The molecule has 0 spiro atoms. The second-order valence-corrected chi connectivity index (χ2v) is 6.19. The summed E-state index contributed by atoms with van der Waals surface area (Å²) in [6, 6.07) is 8.13. The average Bonchev–Trinajstić information content (AvgIpc) is 2.46. The summed E-state index contributed by atoms with van der Waals surface area (Å²) >= 11 is 3.44. The largest absolute Gasteiger partial charge is 0.493 e. The van der Waals surface area contributed by atoms with Crippen molar-refractivity contribution in [1.29, 1.82) is 0 Å². The Balaban J connectivity index is 2.20. The molecular formula is C16H22BrNO2. The molecule has 0 aliphatic carbocycles. The smallest absolute Gasteiger partial charge is 0.230 e. The quantitative estimate of drug-likeness (QED) is 0.767. The van der Waals surface area contributed by atoms with E-state index < -0.39 is 0 Å². The number of hydrogen-bond acceptors (Lipinski definition) is 2. The highest BCUT2D eigenvalue weighted by atomic mass is 79.9. The highest BCUT2D eigenvalue weighted by Gasteiger charge is 2.31. The molecule has 110 valence electrons. The maximum atomic E-state index is 12.9. The van der Waals surface area contributed by atoms with Crippen LogP contribution >= 0.6 is 15.9 Å². The van der Waals surface area contributed by atoms with Crippen LogP contribution in [0, 0.1) is 0 Å². The van der Waals surface area contributed by atoms with E-state index in [0.717, 1.165) is 36.0 Å². The van der Waals surface area contributed by atoms with Gasteiger partial charge in [0.2, 0.25) is 5.91 Å². The average molecular weight is 340 g/mol. The molecule has 1 aliphatic rings. The number of rotatable bonds is 5. The molecule has 4 heteroatoms. The normalized spacial score (nSPS) is 17.5. The third kappa shape index (κ3) is 3.35. The molecule has 0 aromatic heterocycles. The summed E-state index contributed by atoms with van der Waals surface area (Å²) in [6.45, 7) is 5.59. The molecule has 0 bridgehead atoms. The first-order chi connectivity index (χ1) is 9.65. The molecule has 0 N–H and O–H groups in total. The highest BCUT2D eigenvalue weighted by Crippen LogP contribution is 2.34. The van der Waals surface area contributed by atoms with Crippen LogP contribution in [0.1, 0.15) is 38.2 Å². The molecule has 1 aliphatic heterocycles. The zero-order valence-corrected chi connectivity index (χ0v) is 13.7. The number of ether oxygens (including phenoxy) is 1. The van der Waals surface area contributed by atoms with Gasteiger partial charge in [-0.25, -0.2) is 0 Å². The van der Waals surface area contributed by atoms with Crippen molar-refractivity contribution in [3.8, 4) is 5.75 Å². The number of halogens is 1. The Labute approximate surface area is 129 Å². The van der Waals surface area contributed by atoms with E-state index in [-0.39, 0.29) is 17.9 Å². The fraction of sp³-hybridized carbons (Fsp3) is 0.562. The Morgan fingerprint density at radius 3 is 2.90 bits per heavy atom. The second kappa shape index (κ2) is 7.11. The van der Waals surface area contributed by atoms with Gasteiger partial charge in [-0.1, -0.05) is 34.1 Å². The van der Waals surface area contributed by atoms with Crippen LogP contribution < -0.4 is 4.74 Å². The van der Waals surface area contributed by atoms with Gasteiger partial charge in [0.15, 0.2) is 0 Å². The van der Waals surface area contributed by atoms with Crippen molar-refractivity contribution in [2.24, 2.45) is 0 Å². The van der Waals surface area contributed by atoms with E-state index in [4.69, 9.17) is 4.74 Å². The highest BCUT2D eigenvalue weighted by molar-refractivity contribution is 9.09. The Morgan fingerprint density at radius 1 is 1.45 bits per heavy atom. The third-order valence-electron chi connectivity index (χ3n) is 3.70. The zero-order chi connectivity index (χ0) is 14.5. The lowest BCUT2D eigenvalue weighted by molar-refractivity contribution is -0.135. The van der Waals surface area contributed by atoms with Gasteiger partial charge in [0, 0.05) is 23.5 Å². The van der Waals surface area contributed by atoms with Crippen molar-refractivity contribution < 1.29 is 9.53 Å². The van der Waals surface area contributed by atoms with Gasteiger partial charge in [0.1, 0.15) is 5.75 Å². The fourth-order valence-corrected chi connectivity index (χ4v) is 2.90. The van der Waals surface area contributed by atoms with Crippen molar-refractivity contribution in [1.82, 2.24) is 4.90 Å². The van der Waals surface area contributed by atoms with E-state index in [9.17, 15) is 4.79 Å². The lowest BCUT2D eigenvalue weighted by atomic mass is 9.91. The maximum Gasteiger partial charge on any atom is 0.230 e. The molecule has 1 aromatic carbocycles. The molecule has 20 heavy (non-hydrogen) atoms. The standard InChI is InChI=1S/C16H22BrNO2/c1-12(2)18(10-5-9-17)16(19)14-8-11-20-15-7-4-3-6-13(14)15/h3-4,6-7,12,14H,5,8-11H2,1-2H3. The number of para-hydroxylation sites is 1. The number of carbonyl (C=O) groups is 1. The summed E-state index contributed by atoms with van der Waals surface area (Å²) in [6.07, 6.45) is 1.75. The Morgan fingerprint density at radius 2 is 2.20 bits per heavy atom. The molecule has 0 radical (unpaired) electrons. The molecule has 1 aromatic rings. The first-order valence-corrected chi connectivity index (χ1v) is 8.35. The van der Waals surface area contributed by atoms with Crippen LogP contribution in [0.5, 0.6) is 5.75 Å². The van der Waals surface area contributed by atoms with Gasteiger partial charge in [-0.2, -0.15) is 0 Å². The number of alkyl halides is 1. The SMILES string of the molecule is CC(C)N(CCCBr)C(=O)C1CCOc2ccccc21. The minimum absolute atomic E-state index is 0.0577. The molecule has 1 heterocycles. The maximum absolute atomic E-state index is 12.9. The summed E-state index contributed by atoms with van der Waals surface area (Å²) in [7, 11) is 0. The van der Waals surface area contributed by atoms with E-state index in [0.29, 0.717) is 6.61 Å². The number of benzene rings is 1. The summed E-state index contributed by atoms with van der Waals surface area (Å²) < 4.78 is 5.65. The van der Waals surface area contributed by atoms with Gasteiger partial charge < -0.3 is 9.64 Å². The van der Waals surface area contributed by atoms with Crippen LogP contribution in [0.15, 0.2) is 24.3 Å². The Hall–Kier alpha value is -1.03. The van der Waals surface area contributed by atoms with E-state index in [1.165, 1.54) is 0 Å². The van der Waals surface area contributed by atoms with E-state index in [2.05, 4.69) is 29.8 Å². The number of carbonyl (C=O) groups excluding carboxylic acids is 1. The van der Waals surface area contributed by atoms with Crippen molar-refractivity contribution >= 4 is 21.8 Å². The van der Waals surface area contributed by atoms with E-state index in [1.807, 2.05) is 29.2 Å². The van der Waals surface area contributed by atoms with E-state index in [1.54, 1.807) is 0 Å². The first kappa shape index (κ1) is 15.4. The number of fused-ring (bicyclic) bond motifs is 1. The lowest BCUT2D eigenvalue weighted by Crippen LogP contribution is -2.42. The monoisotopic (exact) mass is 339 g/mol. The lowest BCUT2D eigenvalue weighted by Gasteiger charge is -2.33. The Bertz CT molecular complexity index is 462. The van der Waals surface area contributed by atoms with Gasteiger partial charge in [0.25, 0.3) is 0 Å². The predicted octanol–water partition coefficient (Wildman–Crippen LogP) is 3.57. The molecule has 2 rings (SSSR count). The van der Waals surface area contributed by atoms with Crippen LogP contribution in [0.3, 0.4) is 0 Å².